The van der Waals surface area contributed by atoms with E-state index in [1.165, 1.54) is 6.33 Å². The van der Waals surface area contributed by atoms with Crippen molar-refractivity contribution in [2.75, 3.05) is 51.2 Å². The Kier molecular flexibility index (Phi) is 6.96. The second-order valence-electron chi connectivity index (χ2n) is 7.18. The Labute approximate surface area is 175 Å². The minimum Gasteiger partial charge on any atom is -0.480 e. The van der Waals surface area contributed by atoms with E-state index < -0.39 is 5.60 Å². The van der Waals surface area contributed by atoms with Crippen molar-refractivity contribution in [1.29, 1.82) is 5.41 Å². The summed E-state index contributed by atoms with van der Waals surface area (Å²) in [4.78, 5) is 21.8. The van der Waals surface area contributed by atoms with Crippen LogP contribution in [0.25, 0.3) is 0 Å². The smallest absolute Gasteiger partial charge is 0.164 e. The van der Waals surface area contributed by atoms with Crippen molar-refractivity contribution >= 4 is 23.5 Å². The lowest BCUT2D eigenvalue weighted by Gasteiger charge is -2.27. The second kappa shape index (κ2) is 9.64. The van der Waals surface area contributed by atoms with Crippen molar-refractivity contribution in [3.05, 3.63) is 41.9 Å². The Morgan fingerprint density at radius 3 is 2.57 bits per heavy atom. The van der Waals surface area contributed by atoms with E-state index in [-0.39, 0.29) is 5.71 Å². The van der Waals surface area contributed by atoms with Crippen molar-refractivity contribution in [2.24, 2.45) is 0 Å². The van der Waals surface area contributed by atoms with E-state index in [0.29, 0.717) is 48.7 Å². The first kappa shape index (κ1) is 21.7. The Morgan fingerprint density at radius 2 is 1.93 bits per heavy atom. The highest BCUT2D eigenvalue weighted by molar-refractivity contribution is 6.13. The van der Waals surface area contributed by atoms with Crippen LogP contribution >= 0.6 is 0 Å². The number of methoxy groups -OCH3 is 1. The summed E-state index contributed by atoms with van der Waals surface area (Å²) in [7, 11) is 3.25. The zero-order valence-corrected chi connectivity index (χ0v) is 17.3. The number of nitrogens with zero attached hydrogens (tertiary/aromatic N) is 3. The first-order chi connectivity index (χ1) is 14.5. The third-order valence-corrected chi connectivity index (χ3v) is 4.82. The maximum absolute atomic E-state index is 11.2. The monoisotopic (exact) mass is 413 g/mol. The molecule has 2 aromatic rings. The predicted molar refractivity (Wildman–Crippen MR) is 113 cm³/mol. The van der Waals surface area contributed by atoms with E-state index in [4.69, 9.17) is 20.6 Å². The van der Waals surface area contributed by atoms with Gasteiger partial charge in [0, 0.05) is 44.6 Å². The molecule has 1 saturated carbocycles. The average molecular weight is 413 g/mol. The number of aldehydes is 1. The van der Waals surface area contributed by atoms with E-state index in [9.17, 15) is 4.79 Å². The third-order valence-electron chi connectivity index (χ3n) is 4.82. The predicted octanol–water partition coefficient (Wildman–Crippen LogP) is 1.68. The number of nitrogens with two attached hydrogens (primary N) is 1. The third kappa shape index (κ3) is 5.11. The fraction of sp³-hybridized carbons (Fsp3) is 0.429. The number of nitrogens with one attached hydrogen (secondary N) is 1. The van der Waals surface area contributed by atoms with Crippen LogP contribution in [0.3, 0.4) is 0 Å². The highest BCUT2D eigenvalue weighted by atomic mass is 16.5. The summed E-state index contributed by atoms with van der Waals surface area (Å²) >= 11 is 0. The first-order valence-corrected chi connectivity index (χ1v) is 9.71. The summed E-state index contributed by atoms with van der Waals surface area (Å²) in [6.45, 7) is 2.81. The molecule has 1 aromatic heterocycles. The maximum atomic E-state index is 11.2. The van der Waals surface area contributed by atoms with Gasteiger partial charge in [-0.2, -0.15) is 0 Å². The minimum atomic E-state index is -0.714. The van der Waals surface area contributed by atoms with Crippen LogP contribution in [0, 0.1) is 5.41 Å². The molecular weight excluding hydrogens is 386 g/mol. The van der Waals surface area contributed by atoms with E-state index in [1.807, 2.05) is 0 Å². The van der Waals surface area contributed by atoms with Crippen LogP contribution in [0.4, 0.5) is 11.5 Å². The van der Waals surface area contributed by atoms with Gasteiger partial charge in [-0.25, -0.2) is 9.97 Å². The van der Waals surface area contributed by atoms with Crippen LogP contribution in [-0.2, 0) is 14.3 Å². The molecule has 0 atom stereocenters. The fourth-order valence-electron chi connectivity index (χ4n) is 3.00. The average Bonchev–Trinajstić information content (AvgIpc) is 3.56. The van der Waals surface area contributed by atoms with Gasteiger partial charge in [-0.1, -0.05) is 0 Å². The summed E-state index contributed by atoms with van der Waals surface area (Å²) in [5, 5.41) is 8.57. The van der Waals surface area contributed by atoms with Crippen LogP contribution in [0.5, 0.6) is 5.75 Å². The molecular formula is C21H27N5O4. The van der Waals surface area contributed by atoms with Gasteiger partial charge in [-0.05, 0) is 31.0 Å². The van der Waals surface area contributed by atoms with Gasteiger partial charge in [0.2, 0.25) is 0 Å². The lowest BCUT2D eigenvalue weighted by molar-refractivity contribution is -0.115. The Bertz CT molecular complexity index is 895. The molecule has 0 spiro atoms. The molecule has 160 valence electrons. The minimum absolute atomic E-state index is 0.186. The van der Waals surface area contributed by atoms with E-state index >= 15 is 0 Å². The van der Waals surface area contributed by atoms with Crippen molar-refractivity contribution in [3.8, 4) is 5.75 Å². The van der Waals surface area contributed by atoms with E-state index in [2.05, 4.69) is 19.6 Å². The molecule has 0 unspecified atom stereocenters. The van der Waals surface area contributed by atoms with Gasteiger partial charge in [-0.15, -0.1) is 0 Å². The molecule has 30 heavy (non-hydrogen) atoms. The highest BCUT2D eigenvalue weighted by Crippen LogP contribution is 2.39. The molecule has 1 aliphatic carbocycles. The molecule has 2 aliphatic rings. The number of benzene rings is 1. The largest absolute Gasteiger partial charge is 0.480 e. The number of nitrogen functional groups attached to an aromatic ring is 1. The van der Waals surface area contributed by atoms with E-state index in [0.717, 1.165) is 25.2 Å². The number of morpholine rings is 1. The summed E-state index contributed by atoms with van der Waals surface area (Å²) < 4.78 is 15.4. The van der Waals surface area contributed by atoms with Crippen molar-refractivity contribution in [3.63, 3.8) is 0 Å². The fourth-order valence-corrected chi connectivity index (χ4v) is 3.00. The molecule has 2 fully saturated rings. The molecule has 9 nitrogen and oxygen atoms in total. The summed E-state index contributed by atoms with van der Waals surface area (Å²) in [5.41, 5.74) is 7.00. The van der Waals surface area contributed by atoms with Crippen molar-refractivity contribution in [1.82, 2.24) is 9.97 Å². The number of ether oxygens (including phenoxy) is 3. The summed E-state index contributed by atoms with van der Waals surface area (Å²) in [6.07, 6.45) is 3.72. The molecule has 0 radical (unpaired) electrons. The molecule has 0 bridgehead atoms. The summed E-state index contributed by atoms with van der Waals surface area (Å²) in [6, 6.07) is 6.88. The topological polar surface area (TPSA) is 124 Å². The number of carbonyl (C=O) groups is 1. The van der Waals surface area contributed by atoms with Crippen molar-refractivity contribution < 1.29 is 19.0 Å². The highest BCUT2D eigenvalue weighted by Gasteiger charge is 2.45. The second-order valence-corrected chi connectivity index (χ2v) is 7.18. The van der Waals surface area contributed by atoms with Crippen LogP contribution in [0.2, 0.25) is 0 Å². The molecule has 0 amide bonds. The maximum Gasteiger partial charge on any atom is 0.164 e. The van der Waals surface area contributed by atoms with Crippen LogP contribution in [-0.4, -0.2) is 68.1 Å². The lowest BCUT2D eigenvalue weighted by Crippen LogP contribution is -2.36. The van der Waals surface area contributed by atoms with Gasteiger partial charge in [0.05, 0.1) is 24.6 Å². The van der Waals surface area contributed by atoms with Crippen LogP contribution in [0.1, 0.15) is 24.1 Å². The standard InChI is InChI=1S/C19H21N5O3.C2H6O/c20-15-2-1-13(27-19(11-25)3-4-19)9-14(15)18(21)16-10-17(23-12-22-16)24-5-7-26-8-6-24;1-3-2/h1-2,9-12,21H,3-8,20H2;1-2H3. The molecule has 4 rings (SSSR count). The zero-order valence-electron chi connectivity index (χ0n) is 17.3. The molecule has 2 heterocycles. The van der Waals surface area contributed by atoms with Gasteiger partial charge < -0.3 is 24.8 Å². The van der Waals surface area contributed by atoms with Gasteiger partial charge >= 0.3 is 0 Å². The number of hydrogen-bond donors (Lipinski definition) is 2. The number of anilines is 2. The Balaban J connectivity index is 0.000000806. The number of carbonyl (C=O) groups excluding carboxylic acids is 1. The summed E-state index contributed by atoms with van der Waals surface area (Å²) in [5.74, 6) is 1.29. The van der Waals surface area contributed by atoms with E-state index in [1.54, 1.807) is 38.5 Å². The van der Waals surface area contributed by atoms with Crippen molar-refractivity contribution in [2.45, 2.75) is 18.4 Å². The first-order valence-electron chi connectivity index (χ1n) is 9.71. The Morgan fingerprint density at radius 1 is 1.23 bits per heavy atom. The Hall–Kier alpha value is -3.04. The molecule has 3 N–H and O–H groups in total. The number of aromatic nitrogens is 2. The number of hydrogen-bond acceptors (Lipinski definition) is 9. The van der Waals surface area contributed by atoms with Gasteiger partial charge in [0.15, 0.2) is 11.9 Å². The van der Waals surface area contributed by atoms with Gasteiger partial charge in [0.1, 0.15) is 17.9 Å². The molecule has 1 aromatic carbocycles. The molecule has 1 aliphatic heterocycles. The quantitative estimate of drug-likeness (QED) is 0.416. The van der Waals surface area contributed by atoms with Gasteiger partial charge in [0.25, 0.3) is 0 Å². The lowest BCUT2D eigenvalue weighted by atomic mass is 10.0. The van der Waals surface area contributed by atoms with Crippen LogP contribution < -0.4 is 15.4 Å². The molecule has 9 heteroatoms. The molecule has 1 saturated heterocycles. The SMILES string of the molecule is COC.N=C(c1cc(N2CCOCC2)ncn1)c1cc(OC2(C=O)CC2)ccc1N. The normalized spacial score (nSPS) is 16.8. The zero-order chi connectivity index (χ0) is 21.6. The van der Waals surface area contributed by atoms with Crippen LogP contribution in [0.15, 0.2) is 30.6 Å². The van der Waals surface area contributed by atoms with Gasteiger partial charge in [-0.3, -0.25) is 10.2 Å². The number of rotatable bonds is 6.